The molecule has 0 aliphatic carbocycles. The fraction of sp³-hybridized carbons (Fsp3) is 0.600. The molecule has 5 atom stereocenters. The average molecular weight is 514 g/mol. The number of aromatic nitrogens is 2. The van der Waals surface area contributed by atoms with Crippen LogP contribution in [0.5, 0.6) is 0 Å². The van der Waals surface area contributed by atoms with E-state index < -0.39 is 66.4 Å². The summed E-state index contributed by atoms with van der Waals surface area (Å²) in [6.07, 6.45) is 3.77. The number of carbonyl (C=O) groups excluding carboxylic acids is 4. The van der Waals surface area contributed by atoms with Gasteiger partial charge in [-0.1, -0.05) is 0 Å². The summed E-state index contributed by atoms with van der Waals surface area (Å²) < 4.78 is 0. The molecule has 1 aliphatic rings. The minimum Gasteiger partial charge on any atom is -0.480 e. The van der Waals surface area contributed by atoms with E-state index >= 15 is 0 Å². The highest BCUT2D eigenvalue weighted by Crippen LogP contribution is 2.19. The number of nitrogens with one attached hydrogen (secondary N) is 4. The Kier molecular flexibility index (Phi) is 10.5. The summed E-state index contributed by atoms with van der Waals surface area (Å²) in [4.78, 5) is 69.9. The Morgan fingerprint density at radius 1 is 1.23 bits per heavy atom. The number of aliphatic carboxylic acids is 1. The van der Waals surface area contributed by atoms with Crippen LogP contribution in [0.4, 0.5) is 0 Å². The van der Waals surface area contributed by atoms with Gasteiger partial charge in [-0.2, -0.15) is 12.6 Å². The molecule has 194 valence electrons. The number of imidazole rings is 1. The third-order valence-corrected chi connectivity index (χ3v) is 5.90. The van der Waals surface area contributed by atoms with E-state index in [-0.39, 0.29) is 18.7 Å². The smallest absolute Gasteiger partial charge is 0.328 e. The molecular weight excluding hydrogens is 482 g/mol. The van der Waals surface area contributed by atoms with Gasteiger partial charge in [-0.3, -0.25) is 19.2 Å². The first kappa shape index (κ1) is 28.1. The predicted octanol–water partition coefficient (Wildman–Crippen LogP) is -3.25. The average Bonchev–Trinajstić information content (AvgIpc) is 3.52. The first-order chi connectivity index (χ1) is 16.6. The second-order valence-corrected chi connectivity index (χ2v) is 8.50. The Labute approximate surface area is 206 Å². The minimum absolute atomic E-state index is 0.0598. The van der Waals surface area contributed by atoms with Gasteiger partial charge in [-0.25, -0.2) is 9.78 Å². The van der Waals surface area contributed by atoms with Crippen molar-refractivity contribution in [1.29, 1.82) is 0 Å². The molecule has 8 N–H and O–H groups in total. The van der Waals surface area contributed by atoms with Crippen molar-refractivity contribution in [2.24, 2.45) is 5.73 Å². The van der Waals surface area contributed by atoms with E-state index in [9.17, 15) is 24.0 Å². The van der Waals surface area contributed by atoms with E-state index in [4.69, 9.17) is 15.9 Å². The van der Waals surface area contributed by atoms with Crippen LogP contribution in [0.2, 0.25) is 0 Å². The Balaban J connectivity index is 2.06. The second kappa shape index (κ2) is 13.1. The van der Waals surface area contributed by atoms with Gasteiger partial charge in [0.05, 0.1) is 19.0 Å². The Hall–Kier alpha value is -3.17. The molecule has 0 radical (unpaired) electrons. The Morgan fingerprint density at radius 2 is 1.94 bits per heavy atom. The van der Waals surface area contributed by atoms with Crippen molar-refractivity contribution >= 4 is 42.2 Å². The lowest BCUT2D eigenvalue weighted by atomic mass is 10.1. The number of H-pyrrole nitrogens is 1. The summed E-state index contributed by atoms with van der Waals surface area (Å²) in [5.41, 5.74) is 6.25. The van der Waals surface area contributed by atoms with Crippen LogP contribution in [0, 0.1) is 0 Å². The Morgan fingerprint density at radius 3 is 2.51 bits per heavy atom. The maximum atomic E-state index is 13.0. The number of likely N-dealkylation sites (tertiary alicyclic amines) is 1. The van der Waals surface area contributed by atoms with Crippen molar-refractivity contribution in [2.45, 2.75) is 56.4 Å². The van der Waals surface area contributed by atoms with Crippen LogP contribution >= 0.6 is 12.6 Å². The van der Waals surface area contributed by atoms with E-state index in [2.05, 4.69) is 38.5 Å². The molecule has 0 saturated carbocycles. The zero-order chi connectivity index (χ0) is 26.1. The number of nitrogens with two attached hydrogens (primary N) is 1. The molecule has 1 saturated heterocycles. The maximum absolute atomic E-state index is 13.0. The van der Waals surface area contributed by atoms with Gasteiger partial charge in [0.2, 0.25) is 23.6 Å². The molecule has 0 spiro atoms. The highest BCUT2D eigenvalue weighted by Gasteiger charge is 2.38. The minimum atomic E-state index is -1.49. The first-order valence-electron chi connectivity index (χ1n) is 11.0. The number of nitrogens with zero attached hydrogens (tertiary/aromatic N) is 2. The molecule has 35 heavy (non-hydrogen) atoms. The molecular formula is C20H31N7O7S. The summed E-state index contributed by atoms with van der Waals surface area (Å²) in [5.74, 6) is -3.83. The van der Waals surface area contributed by atoms with Gasteiger partial charge in [0, 0.05) is 30.6 Å². The lowest BCUT2D eigenvalue weighted by Gasteiger charge is -2.29. The van der Waals surface area contributed by atoms with Gasteiger partial charge >= 0.3 is 5.97 Å². The fourth-order valence-electron chi connectivity index (χ4n) is 3.57. The monoisotopic (exact) mass is 513 g/mol. The van der Waals surface area contributed by atoms with Crippen LogP contribution in [-0.4, -0.2) is 104 Å². The Bertz CT molecular complexity index is 914. The number of hydrogen-bond acceptors (Lipinski definition) is 9. The zero-order valence-electron chi connectivity index (χ0n) is 19.1. The molecule has 2 rings (SSSR count). The van der Waals surface area contributed by atoms with E-state index in [1.807, 2.05) is 0 Å². The third kappa shape index (κ3) is 7.66. The summed E-state index contributed by atoms with van der Waals surface area (Å²) in [5, 5.41) is 25.5. The number of carbonyl (C=O) groups is 5. The van der Waals surface area contributed by atoms with E-state index in [0.29, 0.717) is 18.5 Å². The lowest BCUT2D eigenvalue weighted by Crippen LogP contribution is -2.58. The van der Waals surface area contributed by atoms with E-state index in [1.165, 1.54) is 24.3 Å². The van der Waals surface area contributed by atoms with Crippen LogP contribution in [0.25, 0.3) is 0 Å². The second-order valence-electron chi connectivity index (χ2n) is 8.13. The molecule has 2 heterocycles. The van der Waals surface area contributed by atoms with Crippen molar-refractivity contribution < 1.29 is 34.2 Å². The molecule has 1 aromatic heterocycles. The van der Waals surface area contributed by atoms with Gasteiger partial charge in [0.25, 0.3) is 0 Å². The number of amides is 4. The first-order valence-corrected chi connectivity index (χ1v) is 11.6. The van der Waals surface area contributed by atoms with Gasteiger partial charge in [-0.15, -0.1) is 0 Å². The molecule has 1 aromatic rings. The highest BCUT2D eigenvalue weighted by atomic mass is 32.1. The molecule has 15 heteroatoms. The van der Waals surface area contributed by atoms with E-state index in [0.717, 1.165) is 0 Å². The number of aromatic amines is 1. The van der Waals surface area contributed by atoms with Crippen LogP contribution in [0.3, 0.4) is 0 Å². The predicted molar refractivity (Wildman–Crippen MR) is 125 cm³/mol. The van der Waals surface area contributed by atoms with Crippen molar-refractivity contribution in [3.8, 4) is 0 Å². The van der Waals surface area contributed by atoms with Crippen molar-refractivity contribution in [1.82, 2.24) is 30.8 Å². The number of aliphatic hydroxyl groups excluding tert-OH is 1. The molecule has 0 aromatic carbocycles. The van der Waals surface area contributed by atoms with E-state index in [1.54, 1.807) is 0 Å². The van der Waals surface area contributed by atoms with Crippen molar-refractivity contribution in [3.05, 3.63) is 18.2 Å². The summed E-state index contributed by atoms with van der Waals surface area (Å²) in [7, 11) is 0. The standard InChI is InChI=1S/C20H31N7O7S/c1-10(19(32)27-4-2-3-15(27)18(31)26-14(7-28)20(33)34)24-17(30)13(5-11-6-22-9-23-11)25-16(29)12(21)8-35/h6,9-10,12-15,28,35H,2-5,7-8,21H2,1H3,(H,22,23)(H,24,30)(H,25,29)(H,26,31)(H,33,34)/t10-,12-,13-,14-,15-/m0/s1. The molecule has 0 unspecified atom stereocenters. The highest BCUT2D eigenvalue weighted by molar-refractivity contribution is 7.80. The summed E-state index contributed by atoms with van der Waals surface area (Å²) in [6, 6.07) is -5.49. The molecule has 0 bridgehead atoms. The number of hydrogen-bond donors (Lipinski definition) is 8. The quantitative estimate of drug-likeness (QED) is 0.131. The topological polar surface area (TPSA) is 220 Å². The van der Waals surface area contributed by atoms with Crippen LogP contribution in [-0.2, 0) is 30.4 Å². The zero-order valence-corrected chi connectivity index (χ0v) is 20.0. The van der Waals surface area contributed by atoms with Gasteiger partial charge in [-0.05, 0) is 19.8 Å². The van der Waals surface area contributed by atoms with Crippen LogP contribution in [0.1, 0.15) is 25.5 Å². The number of carboxylic acid groups (broad SMARTS) is 1. The van der Waals surface area contributed by atoms with Gasteiger partial charge < -0.3 is 41.8 Å². The number of rotatable bonds is 12. The molecule has 1 fully saturated rings. The number of thiol groups is 1. The molecule has 14 nitrogen and oxygen atoms in total. The fourth-order valence-corrected chi connectivity index (χ4v) is 3.73. The van der Waals surface area contributed by atoms with Crippen LogP contribution in [0.15, 0.2) is 12.5 Å². The van der Waals surface area contributed by atoms with Crippen molar-refractivity contribution in [3.63, 3.8) is 0 Å². The van der Waals surface area contributed by atoms with Crippen LogP contribution < -0.4 is 21.7 Å². The van der Waals surface area contributed by atoms with Crippen molar-refractivity contribution in [2.75, 3.05) is 18.9 Å². The largest absolute Gasteiger partial charge is 0.480 e. The normalized spacial score (nSPS) is 18.7. The summed E-state index contributed by atoms with van der Waals surface area (Å²) in [6.45, 7) is 0.878. The van der Waals surface area contributed by atoms with Gasteiger partial charge in [0.15, 0.2) is 0 Å². The molecule has 1 aliphatic heterocycles. The SMILES string of the molecule is C[C@H](NC(=O)[C@H](Cc1cnc[nH]1)NC(=O)[C@@H](N)CS)C(=O)N1CCC[C@H]1C(=O)N[C@@H](CO)C(=O)O. The van der Waals surface area contributed by atoms with Gasteiger partial charge in [0.1, 0.15) is 24.2 Å². The third-order valence-electron chi connectivity index (χ3n) is 5.51. The maximum Gasteiger partial charge on any atom is 0.328 e. The number of aliphatic hydroxyl groups is 1. The number of carboxylic acids is 1. The summed E-state index contributed by atoms with van der Waals surface area (Å²) >= 11 is 3.98. The molecule has 4 amide bonds. The lowest BCUT2D eigenvalue weighted by molar-refractivity contribution is -0.145.